The number of aromatic nitrogens is 3. The van der Waals surface area contributed by atoms with Gasteiger partial charge in [-0.25, -0.2) is 9.07 Å². The van der Waals surface area contributed by atoms with Crippen LogP contribution in [0, 0.1) is 5.82 Å². The van der Waals surface area contributed by atoms with Gasteiger partial charge in [-0.1, -0.05) is 36.4 Å². The van der Waals surface area contributed by atoms with Crippen molar-refractivity contribution in [3.05, 3.63) is 76.5 Å². The van der Waals surface area contributed by atoms with E-state index in [1.807, 2.05) is 24.3 Å². The fraction of sp³-hybridized carbons (Fsp3) is 0.292. The number of hydrogen-bond acceptors (Lipinski definition) is 4. The monoisotopic (exact) mass is 434 g/mol. The highest BCUT2D eigenvalue weighted by molar-refractivity contribution is 6.07. The van der Waals surface area contributed by atoms with Crippen molar-refractivity contribution in [1.82, 2.24) is 19.7 Å². The molecule has 5 rings (SSSR count). The van der Waals surface area contributed by atoms with Gasteiger partial charge in [-0.05, 0) is 25.0 Å². The van der Waals surface area contributed by atoms with E-state index in [1.165, 1.54) is 6.07 Å². The van der Waals surface area contributed by atoms with E-state index in [-0.39, 0.29) is 36.5 Å². The number of fused-ring (bicyclic) bond motifs is 3. The van der Waals surface area contributed by atoms with Crippen LogP contribution in [-0.2, 0) is 22.6 Å². The van der Waals surface area contributed by atoms with Crippen LogP contribution in [-0.4, -0.2) is 39.5 Å². The van der Waals surface area contributed by atoms with Gasteiger partial charge in [0.25, 0.3) is 5.56 Å². The molecule has 2 aromatic heterocycles. The molecule has 1 fully saturated rings. The molecule has 0 saturated carbocycles. The van der Waals surface area contributed by atoms with Crippen LogP contribution in [0.3, 0.4) is 0 Å². The van der Waals surface area contributed by atoms with E-state index in [0.717, 1.165) is 28.4 Å². The van der Waals surface area contributed by atoms with Gasteiger partial charge in [0.15, 0.2) is 0 Å². The van der Waals surface area contributed by atoms with Crippen LogP contribution in [0.5, 0.6) is 0 Å². The molecule has 3 heterocycles. The third-order valence-corrected chi connectivity index (χ3v) is 5.90. The molecule has 164 valence electrons. The van der Waals surface area contributed by atoms with Crippen molar-refractivity contribution in [3.63, 3.8) is 0 Å². The van der Waals surface area contributed by atoms with Crippen LogP contribution in [0.1, 0.15) is 18.4 Å². The lowest BCUT2D eigenvalue weighted by atomic mass is 10.2. The molecule has 2 aromatic carbocycles. The topological polar surface area (TPSA) is 78.2 Å². The van der Waals surface area contributed by atoms with Gasteiger partial charge in [-0.15, -0.1) is 0 Å². The average molecular weight is 434 g/mol. The van der Waals surface area contributed by atoms with Gasteiger partial charge in [0.1, 0.15) is 17.9 Å². The van der Waals surface area contributed by atoms with Crippen molar-refractivity contribution in [2.45, 2.75) is 32.0 Å². The van der Waals surface area contributed by atoms with E-state index in [0.29, 0.717) is 29.6 Å². The minimum atomic E-state index is -0.387. The predicted octanol–water partition coefficient (Wildman–Crippen LogP) is 2.83. The Hall–Kier alpha value is -3.52. The number of nitrogens with one attached hydrogen (secondary N) is 1. The molecule has 7 nitrogen and oxygen atoms in total. The van der Waals surface area contributed by atoms with Gasteiger partial charge >= 0.3 is 0 Å². The lowest BCUT2D eigenvalue weighted by Crippen LogP contribution is -2.37. The Morgan fingerprint density at radius 1 is 1.16 bits per heavy atom. The van der Waals surface area contributed by atoms with Gasteiger partial charge in [0, 0.05) is 35.0 Å². The van der Waals surface area contributed by atoms with Crippen LogP contribution in [0.15, 0.2) is 59.5 Å². The summed E-state index contributed by atoms with van der Waals surface area (Å²) in [5.41, 5.74) is 1.30. The predicted molar refractivity (Wildman–Crippen MR) is 119 cm³/mol. The summed E-state index contributed by atoms with van der Waals surface area (Å²) in [5.74, 6) is -0.632. The Morgan fingerprint density at radius 3 is 2.78 bits per heavy atom. The van der Waals surface area contributed by atoms with Crippen LogP contribution >= 0.6 is 0 Å². The summed E-state index contributed by atoms with van der Waals surface area (Å²) in [7, 11) is 0. The Morgan fingerprint density at radius 2 is 1.97 bits per heavy atom. The van der Waals surface area contributed by atoms with E-state index < -0.39 is 0 Å². The van der Waals surface area contributed by atoms with Crippen LogP contribution in [0.4, 0.5) is 4.39 Å². The summed E-state index contributed by atoms with van der Waals surface area (Å²) >= 11 is 0. The number of amides is 1. The van der Waals surface area contributed by atoms with Gasteiger partial charge in [0.05, 0.1) is 18.8 Å². The van der Waals surface area contributed by atoms with E-state index in [1.54, 1.807) is 29.0 Å². The summed E-state index contributed by atoms with van der Waals surface area (Å²) in [4.78, 5) is 25.8. The molecule has 1 amide bonds. The Balaban J connectivity index is 1.52. The summed E-state index contributed by atoms with van der Waals surface area (Å²) in [5, 5.41) is 8.59. The second-order valence-electron chi connectivity index (χ2n) is 8.00. The van der Waals surface area contributed by atoms with Crippen molar-refractivity contribution >= 4 is 27.7 Å². The number of nitrogens with zero attached hydrogens (tertiary/aromatic N) is 3. The molecule has 32 heavy (non-hydrogen) atoms. The molecule has 1 aliphatic rings. The molecule has 8 heteroatoms. The highest BCUT2D eigenvalue weighted by Gasteiger charge is 2.19. The first-order valence-electron chi connectivity index (χ1n) is 10.7. The number of halogens is 1. The smallest absolute Gasteiger partial charge is 0.291 e. The Kier molecular flexibility index (Phi) is 5.45. The largest absolute Gasteiger partial charge is 0.376 e. The van der Waals surface area contributed by atoms with Gasteiger partial charge < -0.3 is 14.6 Å². The zero-order valence-corrected chi connectivity index (χ0v) is 17.5. The molecule has 0 radical (unpaired) electrons. The fourth-order valence-corrected chi connectivity index (χ4v) is 4.29. The minimum absolute atomic E-state index is 0.0226. The van der Waals surface area contributed by atoms with Crippen molar-refractivity contribution in [1.29, 1.82) is 0 Å². The summed E-state index contributed by atoms with van der Waals surface area (Å²) in [6, 6.07) is 14.1. The quantitative estimate of drug-likeness (QED) is 0.506. The number of rotatable bonds is 6. The lowest BCUT2D eigenvalue weighted by molar-refractivity contribution is -0.122. The molecule has 0 bridgehead atoms. The molecule has 0 spiro atoms. The first-order valence-corrected chi connectivity index (χ1v) is 10.7. The minimum Gasteiger partial charge on any atom is -0.376 e. The third-order valence-electron chi connectivity index (χ3n) is 5.90. The Bertz CT molecular complexity index is 1350. The summed E-state index contributed by atoms with van der Waals surface area (Å²) < 4.78 is 22.8. The molecule has 0 unspecified atom stereocenters. The molecule has 0 aliphatic carbocycles. The van der Waals surface area contributed by atoms with Gasteiger partial charge in [-0.3, -0.25) is 9.59 Å². The number of hydrogen-bond donors (Lipinski definition) is 1. The van der Waals surface area contributed by atoms with E-state index in [9.17, 15) is 14.0 Å². The van der Waals surface area contributed by atoms with E-state index >= 15 is 0 Å². The van der Waals surface area contributed by atoms with Crippen LogP contribution in [0.2, 0.25) is 0 Å². The fourth-order valence-electron chi connectivity index (χ4n) is 4.29. The normalized spacial score (nSPS) is 16.1. The first kappa shape index (κ1) is 20.4. The summed E-state index contributed by atoms with van der Waals surface area (Å²) in [6.07, 6.45) is 3.53. The van der Waals surface area contributed by atoms with E-state index in [2.05, 4.69) is 10.4 Å². The number of carbonyl (C=O) groups is 1. The second kappa shape index (κ2) is 8.55. The lowest BCUT2D eigenvalue weighted by Gasteiger charge is -2.12. The molecule has 1 atom stereocenters. The van der Waals surface area contributed by atoms with Gasteiger partial charge in [0.2, 0.25) is 5.91 Å². The number of para-hydroxylation sites is 1. The third kappa shape index (κ3) is 3.78. The number of benzene rings is 2. The van der Waals surface area contributed by atoms with Crippen molar-refractivity contribution < 1.29 is 13.9 Å². The maximum Gasteiger partial charge on any atom is 0.291 e. The number of carbonyl (C=O) groups excluding carboxylic acids is 1. The van der Waals surface area contributed by atoms with Crippen LogP contribution < -0.4 is 10.9 Å². The highest BCUT2D eigenvalue weighted by atomic mass is 19.1. The van der Waals surface area contributed by atoms with Crippen molar-refractivity contribution in [3.8, 4) is 0 Å². The molecular weight excluding hydrogens is 411 g/mol. The first-order chi connectivity index (χ1) is 15.6. The van der Waals surface area contributed by atoms with Crippen LogP contribution in [0.25, 0.3) is 21.8 Å². The van der Waals surface area contributed by atoms with Crippen molar-refractivity contribution in [2.24, 2.45) is 0 Å². The maximum absolute atomic E-state index is 14.4. The zero-order valence-electron chi connectivity index (χ0n) is 17.5. The molecule has 1 aliphatic heterocycles. The highest BCUT2D eigenvalue weighted by Crippen LogP contribution is 2.27. The summed E-state index contributed by atoms with van der Waals surface area (Å²) in [6.45, 7) is 1.14. The van der Waals surface area contributed by atoms with E-state index in [4.69, 9.17) is 4.74 Å². The molecular formula is C24H23FN4O3. The SMILES string of the molecule is O=C(Cn1ncc2c3ccccc3n(Cc3ccccc3F)c2c1=O)NC[C@H]1CCCO1. The van der Waals surface area contributed by atoms with Gasteiger partial charge in [-0.2, -0.15) is 5.10 Å². The molecule has 1 N–H and O–H groups in total. The second-order valence-corrected chi connectivity index (χ2v) is 8.00. The molecule has 1 saturated heterocycles. The van der Waals surface area contributed by atoms with Crippen molar-refractivity contribution in [2.75, 3.05) is 13.2 Å². The number of ether oxygens (including phenoxy) is 1. The Labute approximate surface area is 183 Å². The zero-order chi connectivity index (χ0) is 22.1. The molecule has 4 aromatic rings. The maximum atomic E-state index is 14.4. The average Bonchev–Trinajstić information content (AvgIpc) is 3.43. The standard InChI is InChI=1S/C24H23FN4O3/c25-20-9-3-1-6-16(20)14-28-21-10-4-2-8-18(21)19-13-27-29(24(31)23(19)28)15-22(30)26-12-17-7-5-11-32-17/h1-4,6,8-10,13,17H,5,7,11-12,14-15H2,(H,26,30)/t17-/m1/s1.